The van der Waals surface area contributed by atoms with Crippen LogP contribution < -0.4 is 10.2 Å². The van der Waals surface area contributed by atoms with Crippen molar-refractivity contribution in [2.45, 2.75) is 19.1 Å². The summed E-state index contributed by atoms with van der Waals surface area (Å²) in [6, 6.07) is 18.5. The number of anilines is 1. The fourth-order valence-electron chi connectivity index (χ4n) is 3.36. The van der Waals surface area contributed by atoms with E-state index in [1.165, 1.54) is 5.56 Å². The predicted molar refractivity (Wildman–Crippen MR) is 109 cm³/mol. The molecule has 144 valence electrons. The number of hydrogen-bond acceptors (Lipinski definition) is 4. The molecule has 0 aromatic heterocycles. The summed E-state index contributed by atoms with van der Waals surface area (Å²) in [6.07, 6.45) is 0.963. The SMILES string of the molecule is CNCCC(OCc1cccc(N2CCN(C)CC2=O)c1)c1ccccc1. The highest BCUT2D eigenvalue weighted by Crippen LogP contribution is 2.24. The minimum Gasteiger partial charge on any atom is -0.369 e. The van der Waals surface area contributed by atoms with Gasteiger partial charge in [0.05, 0.1) is 19.3 Å². The van der Waals surface area contributed by atoms with E-state index < -0.39 is 0 Å². The number of ether oxygens (including phenoxy) is 1. The van der Waals surface area contributed by atoms with Gasteiger partial charge in [0.15, 0.2) is 0 Å². The van der Waals surface area contributed by atoms with E-state index in [0.29, 0.717) is 13.2 Å². The van der Waals surface area contributed by atoms with Crippen molar-refractivity contribution in [3.05, 3.63) is 65.7 Å². The summed E-state index contributed by atoms with van der Waals surface area (Å²) in [5, 5.41) is 3.20. The molecule has 1 aliphatic rings. The average Bonchev–Trinajstić information content (AvgIpc) is 2.69. The smallest absolute Gasteiger partial charge is 0.241 e. The van der Waals surface area contributed by atoms with Gasteiger partial charge in [-0.15, -0.1) is 0 Å². The molecule has 1 heterocycles. The Morgan fingerprint density at radius 1 is 1.11 bits per heavy atom. The van der Waals surface area contributed by atoms with Crippen LogP contribution in [0.15, 0.2) is 54.6 Å². The third-order valence-corrected chi connectivity index (χ3v) is 4.91. The second kappa shape index (κ2) is 9.65. The van der Waals surface area contributed by atoms with Crippen molar-refractivity contribution >= 4 is 11.6 Å². The molecule has 2 aromatic rings. The third kappa shape index (κ3) is 5.39. The van der Waals surface area contributed by atoms with Crippen LogP contribution in [-0.2, 0) is 16.1 Å². The van der Waals surface area contributed by atoms with Gasteiger partial charge in [0.2, 0.25) is 5.91 Å². The van der Waals surface area contributed by atoms with Gasteiger partial charge in [0.1, 0.15) is 0 Å². The lowest BCUT2D eigenvalue weighted by Crippen LogP contribution is -2.48. The number of likely N-dealkylation sites (N-methyl/N-ethyl adjacent to an activating group) is 1. The zero-order chi connectivity index (χ0) is 19.1. The van der Waals surface area contributed by atoms with Crippen molar-refractivity contribution in [2.24, 2.45) is 0 Å². The van der Waals surface area contributed by atoms with Gasteiger partial charge in [0.25, 0.3) is 0 Å². The van der Waals surface area contributed by atoms with Crippen molar-refractivity contribution in [1.29, 1.82) is 0 Å². The van der Waals surface area contributed by atoms with Gasteiger partial charge in [-0.2, -0.15) is 0 Å². The highest BCUT2D eigenvalue weighted by atomic mass is 16.5. The topological polar surface area (TPSA) is 44.8 Å². The van der Waals surface area contributed by atoms with Gasteiger partial charge in [-0.1, -0.05) is 42.5 Å². The Bertz CT molecular complexity index is 735. The van der Waals surface area contributed by atoms with Gasteiger partial charge in [-0.25, -0.2) is 0 Å². The van der Waals surface area contributed by atoms with Gasteiger partial charge in [-0.3, -0.25) is 9.69 Å². The Hall–Kier alpha value is -2.21. The van der Waals surface area contributed by atoms with E-state index in [9.17, 15) is 4.79 Å². The zero-order valence-electron chi connectivity index (χ0n) is 16.2. The Balaban J connectivity index is 1.67. The number of carbonyl (C=O) groups excluding carboxylic acids is 1. The predicted octanol–water partition coefficient (Wildman–Crippen LogP) is 2.83. The minimum absolute atomic E-state index is 0.0487. The van der Waals surface area contributed by atoms with Crippen LogP contribution in [0.1, 0.15) is 23.7 Å². The average molecular weight is 367 g/mol. The highest BCUT2D eigenvalue weighted by molar-refractivity contribution is 5.95. The summed E-state index contributed by atoms with van der Waals surface area (Å²) in [5.74, 6) is 0.151. The van der Waals surface area contributed by atoms with E-state index in [1.54, 1.807) is 0 Å². The van der Waals surface area contributed by atoms with Crippen LogP contribution in [0.4, 0.5) is 5.69 Å². The van der Waals surface area contributed by atoms with Gasteiger partial charge in [-0.05, 0) is 50.3 Å². The Labute approximate surface area is 161 Å². The van der Waals surface area contributed by atoms with Crippen molar-refractivity contribution in [3.63, 3.8) is 0 Å². The molecule has 3 rings (SSSR count). The quantitative estimate of drug-likeness (QED) is 0.779. The van der Waals surface area contributed by atoms with Crippen molar-refractivity contribution in [2.75, 3.05) is 45.2 Å². The summed E-state index contributed by atoms with van der Waals surface area (Å²) < 4.78 is 6.25. The van der Waals surface area contributed by atoms with E-state index in [0.717, 1.165) is 37.3 Å². The molecule has 1 saturated heterocycles. The first-order valence-corrected chi connectivity index (χ1v) is 9.56. The molecule has 1 unspecified atom stereocenters. The number of benzene rings is 2. The molecular formula is C22H29N3O2. The van der Waals surface area contributed by atoms with Crippen LogP contribution in [0, 0.1) is 0 Å². The van der Waals surface area contributed by atoms with Crippen LogP contribution in [-0.4, -0.2) is 51.1 Å². The molecule has 1 fully saturated rings. The maximum absolute atomic E-state index is 12.3. The van der Waals surface area contributed by atoms with Crippen LogP contribution in [0.5, 0.6) is 0 Å². The van der Waals surface area contributed by atoms with Crippen LogP contribution in [0.25, 0.3) is 0 Å². The van der Waals surface area contributed by atoms with Gasteiger partial charge < -0.3 is 15.0 Å². The number of nitrogens with zero attached hydrogens (tertiary/aromatic N) is 2. The van der Waals surface area contributed by atoms with Crippen molar-refractivity contribution < 1.29 is 9.53 Å². The normalized spacial score (nSPS) is 16.5. The van der Waals surface area contributed by atoms with Crippen LogP contribution in [0.3, 0.4) is 0 Å². The lowest BCUT2D eigenvalue weighted by Gasteiger charge is -2.32. The molecule has 0 spiro atoms. The molecule has 0 aliphatic carbocycles. The Kier molecular flexibility index (Phi) is 6.98. The van der Waals surface area contributed by atoms with E-state index in [2.05, 4.69) is 34.5 Å². The van der Waals surface area contributed by atoms with Gasteiger partial charge >= 0.3 is 0 Å². The number of carbonyl (C=O) groups is 1. The summed E-state index contributed by atoms with van der Waals surface area (Å²) in [4.78, 5) is 16.3. The number of amides is 1. The van der Waals surface area contributed by atoms with E-state index in [4.69, 9.17) is 4.74 Å². The molecule has 2 aromatic carbocycles. The van der Waals surface area contributed by atoms with Crippen LogP contribution in [0.2, 0.25) is 0 Å². The lowest BCUT2D eigenvalue weighted by molar-refractivity contribution is -0.120. The molecule has 5 nitrogen and oxygen atoms in total. The minimum atomic E-state index is 0.0487. The molecule has 0 radical (unpaired) electrons. The molecule has 5 heteroatoms. The molecule has 0 bridgehead atoms. The monoisotopic (exact) mass is 367 g/mol. The fourth-order valence-corrected chi connectivity index (χ4v) is 3.36. The Morgan fingerprint density at radius 2 is 1.93 bits per heavy atom. The lowest BCUT2D eigenvalue weighted by atomic mass is 10.1. The first-order valence-electron chi connectivity index (χ1n) is 9.56. The van der Waals surface area contributed by atoms with Crippen molar-refractivity contribution in [3.8, 4) is 0 Å². The third-order valence-electron chi connectivity index (χ3n) is 4.91. The molecule has 1 amide bonds. The summed E-state index contributed by atoms with van der Waals surface area (Å²) in [5.41, 5.74) is 3.24. The second-order valence-electron chi connectivity index (χ2n) is 7.06. The zero-order valence-corrected chi connectivity index (χ0v) is 16.2. The maximum atomic E-state index is 12.3. The first-order chi connectivity index (χ1) is 13.2. The number of nitrogens with one attached hydrogen (secondary N) is 1. The number of hydrogen-bond donors (Lipinski definition) is 1. The standard InChI is InChI=1S/C22H29N3O2/c1-23-12-11-21(19-8-4-3-5-9-19)27-17-18-7-6-10-20(15-18)25-14-13-24(2)16-22(25)26/h3-10,15,21,23H,11-14,16-17H2,1-2H3. The van der Waals surface area contributed by atoms with Gasteiger partial charge in [0, 0.05) is 18.8 Å². The van der Waals surface area contributed by atoms with E-state index in [1.807, 2.05) is 49.3 Å². The maximum Gasteiger partial charge on any atom is 0.241 e. The van der Waals surface area contributed by atoms with Crippen molar-refractivity contribution in [1.82, 2.24) is 10.2 Å². The summed E-state index contributed by atoms with van der Waals surface area (Å²) in [6.45, 7) is 3.52. The largest absolute Gasteiger partial charge is 0.369 e. The van der Waals surface area contributed by atoms with E-state index in [-0.39, 0.29) is 12.0 Å². The molecule has 27 heavy (non-hydrogen) atoms. The van der Waals surface area contributed by atoms with E-state index >= 15 is 0 Å². The molecule has 0 saturated carbocycles. The molecule has 1 N–H and O–H groups in total. The summed E-state index contributed by atoms with van der Waals surface area (Å²) >= 11 is 0. The first kappa shape index (κ1) is 19.5. The molecule has 1 aliphatic heterocycles. The Morgan fingerprint density at radius 3 is 2.67 bits per heavy atom. The highest BCUT2D eigenvalue weighted by Gasteiger charge is 2.23. The summed E-state index contributed by atoms with van der Waals surface area (Å²) in [7, 11) is 3.94. The van der Waals surface area contributed by atoms with Crippen LogP contribution >= 0.6 is 0 Å². The second-order valence-corrected chi connectivity index (χ2v) is 7.06. The molecular weight excluding hydrogens is 338 g/mol. The molecule has 1 atom stereocenters. The number of piperazine rings is 1. The number of rotatable bonds is 8. The fraction of sp³-hybridized carbons (Fsp3) is 0.409.